The van der Waals surface area contributed by atoms with Crippen LogP contribution in [-0.4, -0.2) is 45.1 Å². The minimum atomic E-state index is -0.0876. The highest BCUT2D eigenvalue weighted by Gasteiger charge is 2.37. The second-order valence-electron chi connectivity index (χ2n) is 7.84. The van der Waals surface area contributed by atoms with E-state index in [0.29, 0.717) is 12.2 Å². The van der Waals surface area contributed by atoms with E-state index in [1.165, 1.54) is 18.4 Å². The van der Waals surface area contributed by atoms with Crippen LogP contribution >= 0.6 is 0 Å². The molecular formula is C22H27N3O2. The minimum Gasteiger partial charge on any atom is -0.395 e. The molecule has 1 heterocycles. The predicted octanol–water partition coefficient (Wildman–Crippen LogP) is 3.13. The molecule has 2 saturated carbocycles. The van der Waals surface area contributed by atoms with Crippen LogP contribution in [0, 0.1) is 0 Å². The molecule has 142 valence electrons. The zero-order chi connectivity index (χ0) is 18.7. The lowest BCUT2D eigenvalue weighted by Gasteiger charge is -2.29. The van der Waals surface area contributed by atoms with E-state index in [2.05, 4.69) is 40.3 Å². The summed E-state index contributed by atoms with van der Waals surface area (Å²) in [7, 11) is 0. The monoisotopic (exact) mass is 365 g/mol. The molecule has 2 fully saturated rings. The maximum Gasteiger partial charge on any atom is 0.272 e. The summed E-state index contributed by atoms with van der Waals surface area (Å²) < 4.78 is 0. The summed E-state index contributed by atoms with van der Waals surface area (Å²) in [4.78, 5) is 23.8. The first-order valence-electron chi connectivity index (χ1n) is 10.0. The van der Waals surface area contributed by atoms with Crippen LogP contribution < -0.4 is 0 Å². The van der Waals surface area contributed by atoms with Crippen molar-refractivity contribution in [2.45, 2.75) is 56.4 Å². The molecule has 5 heteroatoms. The van der Waals surface area contributed by atoms with Crippen LogP contribution in [0.4, 0.5) is 0 Å². The maximum absolute atomic E-state index is 12.9. The van der Waals surface area contributed by atoms with Gasteiger partial charge in [0.15, 0.2) is 0 Å². The molecular weight excluding hydrogens is 338 g/mol. The number of nitrogens with zero attached hydrogens (tertiary/aromatic N) is 3. The van der Waals surface area contributed by atoms with E-state index in [9.17, 15) is 9.90 Å². The van der Waals surface area contributed by atoms with Gasteiger partial charge in [0, 0.05) is 30.6 Å². The molecule has 2 aliphatic rings. The molecule has 2 aliphatic carbocycles. The third-order valence-electron chi connectivity index (χ3n) is 5.96. The number of hydrogen-bond donors (Lipinski definition) is 1. The molecule has 4 rings (SSSR count). The van der Waals surface area contributed by atoms with Crippen molar-refractivity contribution < 1.29 is 9.90 Å². The highest BCUT2D eigenvalue weighted by atomic mass is 16.3. The molecule has 0 aliphatic heterocycles. The standard InChI is InChI=1S/C22H27N3O2/c26-15-14-25(18-8-9-18)21(27)19-10-13-23-20(24-19)16-22(11-4-5-12-22)17-6-2-1-3-7-17/h1-3,6-7,10,13,18,26H,4-5,8-9,11-12,14-16H2. The van der Waals surface area contributed by atoms with E-state index in [0.717, 1.165) is 37.9 Å². The second-order valence-corrected chi connectivity index (χ2v) is 7.84. The van der Waals surface area contributed by atoms with Crippen molar-refractivity contribution in [1.29, 1.82) is 0 Å². The van der Waals surface area contributed by atoms with Gasteiger partial charge in [0.25, 0.3) is 5.91 Å². The minimum absolute atomic E-state index is 0.0166. The largest absolute Gasteiger partial charge is 0.395 e. The summed E-state index contributed by atoms with van der Waals surface area (Å²) in [6.07, 6.45) is 9.21. The first-order valence-corrected chi connectivity index (χ1v) is 10.0. The highest BCUT2D eigenvalue weighted by molar-refractivity contribution is 5.92. The first kappa shape index (κ1) is 18.1. The van der Waals surface area contributed by atoms with Crippen LogP contribution in [0.25, 0.3) is 0 Å². The van der Waals surface area contributed by atoms with Gasteiger partial charge in [-0.25, -0.2) is 9.97 Å². The highest BCUT2D eigenvalue weighted by Crippen LogP contribution is 2.43. The summed E-state index contributed by atoms with van der Waals surface area (Å²) in [6, 6.07) is 12.6. The Morgan fingerprint density at radius 3 is 2.56 bits per heavy atom. The maximum atomic E-state index is 12.9. The van der Waals surface area contributed by atoms with Gasteiger partial charge in [-0.3, -0.25) is 4.79 Å². The zero-order valence-electron chi connectivity index (χ0n) is 15.7. The SMILES string of the molecule is O=C(c1ccnc(CC2(c3ccccc3)CCCC2)n1)N(CCO)C1CC1. The van der Waals surface area contributed by atoms with E-state index in [1.807, 2.05) is 0 Å². The van der Waals surface area contributed by atoms with Crippen molar-refractivity contribution in [3.63, 3.8) is 0 Å². The van der Waals surface area contributed by atoms with Crippen LogP contribution in [0.2, 0.25) is 0 Å². The van der Waals surface area contributed by atoms with Crippen molar-refractivity contribution in [2.24, 2.45) is 0 Å². The molecule has 0 radical (unpaired) electrons. The quantitative estimate of drug-likeness (QED) is 0.819. The summed E-state index contributed by atoms with van der Waals surface area (Å²) in [5.74, 6) is 0.654. The smallest absolute Gasteiger partial charge is 0.272 e. The Labute approximate surface area is 160 Å². The summed E-state index contributed by atoms with van der Waals surface area (Å²) in [5.41, 5.74) is 1.87. The van der Waals surface area contributed by atoms with Crippen LogP contribution in [0.3, 0.4) is 0 Å². The van der Waals surface area contributed by atoms with Gasteiger partial charge >= 0.3 is 0 Å². The Balaban J connectivity index is 1.57. The average Bonchev–Trinajstić information content (AvgIpc) is 3.44. The topological polar surface area (TPSA) is 66.3 Å². The predicted molar refractivity (Wildman–Crippen MR) is 103 cm³/mol. The lowest BCUT2D eigenvalue weighted by molar-refractivity contribution is 0.0701. The van der Waals surface area contributed by atoms with Crippen molar-refractivity contribution >= 4 is 5.91 Å². The van der Waals surface area contributed by atoms with Gasteiger partial charge in [-0.05, 0) is 37.3 Å². The molecule has 0 saturated heterocycles. The number of carbonyl (C=O) groups excluding carboxylic acids is 1. The molecule has 0 unspecified atom stereocenters. The van der Waals surface area contributed by atoms with Gasteiger partial charge in [0.2, 0.25) is 0 Å². The van der Waals surface area contributed by atoms with Gasteiger partial charge in [-0.2, -0.15) is 0 Å². The third kappa shape index (κ3) is 3.88. The summed E-state index contributed by atoms with van der Waals surface area (Å²) in [5, 5.41) is 9.29. The van der Waals surface area contributed by atoms with E-state index in [1.54, 1.807) is 17.2 Å². The molecule has 0 spiro atoms. The number of amides is 1. The molecule has 2 aromatic rings. The second kappa shape index (κ2) is 7.77. The summed E-state index contributed by atoms with van der Waals surface area (Å²) >= 11 is 0. The average molecular weight is 365 g/mol. The van der Waals surface area contributed by atoms with E-state index in [-0.39, 0.29) is 24.0 Å². The Bertz CT molecular complexity index is 783. The van der Waals surface area contributed by atoms with Crippen LogP contribution in [0.1, 0.15) is 60.4 Å². The van der Waals surface area contributed by atoms with Crippen LogP contribution in [0.15, 0.2) is 42.6 Å². The fourth-order valence-electron chi connectivity index (χ4n) is 4.41. The fourth-order valence-corrected chi connectivity index (χ4v) is 4.41. The fraction of sp³-hybridized carbons (Fsp3) is 0.500. The number of aromatic nitrogens is 2. The number of aliphatic hydroxyl groups excluding tert-OH is 1. The molecule has 1 N–H and O–H groups in total. The molecule has 1 aromatic carbocycles. The molecule has 5 nitrogen and oxygen atoms in total. The number of carbonyl (C=O) groups is 1. The van der Waals surface area contributed by atoms with Gasteiger partial charge in [-0.15, -0.1) is 0 Å². The normalized spacial score (nSPS) is 18.4. The first-order chi connectivity index (χ1) is 13.2. The molecule has 1 aromatic heterocycles. The van der Waals surface area contributed by atoms with Gasteiger partial charge in [0.05, 0.1) is 6.61 Å². The summed E-state index contributed by atoms with van der Waals surface area (Å²) in [6.45, 7) is 0.355. The zero-order valence-corrected chi connectivity index (χ0v) is 15.7. The number of rotatable bonds is 7. The van der Waals surface area contributed by atoms with E-state index in [4.69, 9.17) is 0 Å². The molecule has 0 atom stereocenters. The lowest BCUT2D eigenvalue weighted by atomic mass is 9.76. The molecule has 0 bridgehead atoms. The third-order valence-corrected chi connectivity index (χ3v) is 5.96. The van der Waals surface area contributed by atoms with Crippen molar-refractivity contribution in [3.05, 3.63) is 59.7 Å². The number of hydrogen-bond acceptors (Lipinski definition) is 4. The Morgan fingerprint density at radius 1 is 1.15 bits per heavy atom. The van der Waals surface area contributed by atoms with Crippen molar-refractivity contribution in [2.75, 3.05) is 13.2 Å². The van der Waals surface area contributed by atoms with Crippen LogP contribution in [-0.2, 0) is 11.8 Å². The van der Waals surface area contributed by atoms with E-state index >= 15 is 0 Å². The number of benzene rings is 1. The number of aliphatic hydroxyl groups is 1. The van der Waals surface area contributed by atoms with Gasteiger partial charge in [-0.1, -0.05) is 43.2 Å². The van der Waals surface area contributed by atoms with Gasteiger partial charge < -0.3 is 10.0 Å². The molecule has 1 amide bonds. The Morgan fingerprint density at radius 2 is 1.89 bits per heavy atom. The Kier molecular flexibility index (Phi) is 5.21. The lowest BCUT2D eigenvalue weighted by Crippen LogP contribution is -2.36. The van der Waals surface area contributed by atoms with E-state index < -0.39 is 0 Å². The van der Waals surface area contributed by atoms with Crippen molar-refractivity contribution in [1.82, 2.24) is 14.9 Å². The van der Waals surface area contributed by atoms with Crippen molar-refractivity contribution in [3.8, 4) is 0 Å². The van der Waals surface area contributed by atoms with Gasteiger partial charge in [0.1, 0.15) is 11.5 Å². The van der Waals surface area contributed by atoms with Crippen LogP contribution in [0.5, 0.6) is 0 Å². The Hall–Kier alpha value is -2.27. The molecule has 27 heavy (non-hydrogen) atoms.